The van der Waals surface area contributed by atoms with Gasteiger partial charge >= 0.3 is 0 Å². The maximum Gasteiger partial charge on any atom is 0.241 e. The number of carbonyl (C=O) groups excluding carboxylic acids is 1. The highest BCUT2D eigenvalue weighted by molar-refractivity contribution is 7.98. The Labute approximate surface area is 204 Å². The number of nitrogens with one attached hydrogen (secondary N) is 1. The number of carbonyl (C=O) groups is 1. The summed E-state index contributed by atoms with van der Waals surface area (Å²) in [6, 6.07) is 14.9. The van der Waals surface area contributed by atoms with Crippen LogP contribution in [0.15, 0.2) is 53.1 Å². The second-order valence-electron chi connectivity index (χ2n) is 8.67. The van der Waals surface area contributed by atoms with E-state index in [1.165, 1.54) is 6.07 Å². The summed E-state index contributed by atoms with van der Waals surface area (Å²) in [6.45, 7) is 4.96. The lowest BCUT2D eigenvalue weighted by atomic mass is 9.96. The van der Waals surface area contributed by atoms with Crippen LogP contribution in [0.1, 0.15) is 36.3 Å². The molecule has 2 heterocycles. The minimum Gasteiger partial charge on any atom is -0.356 e. The molecule has 0 bridgehead atoms. The van der Waals surface area contributed by atoms with Crippen molar-refractivity contribution in [3.63, 3.8) is 0 Å². The number of piperidine rings is 1. The summed E-state index contributed by atoms with van der Waals surface area (Å²) < 4.78 is 19.1. The smallest absolute Gasteiger partial charge is 0.241 e. The van der Waals surface area contributed by atoms with E-state index in [0.717, 1.165) is 54.8 Å². The second kappa shape index (κ2) is 12.1. The molecule has 1 aliphatic rings. The lowest BCUT2D eigenvalue weighted by Gasteiger charge is -2.30. The molecule has 2 aromatic carbocycles. The molecular formula is C26H31FN4O2S. The Kier molecular flexibility index (Phi) is 8.71. The molecule has 1 saturated heterocycles. The van der Waals surface area contributed by atoms with Crippen LogP contribution in [0.3, 0.4) is 0 Å². The number of rotatable bonds is 10. The molecule has 6 nitrogen and oxygen atoms in total. The van der Waals surface area contributed by atoms with Gasteiger partial charge in [0, 0.05) is 23.8 Å². The van der Waals surface area contributed by atoms with Crippen LogP contribution in [0.4, 0.5) is 4.39 Å². The highest BCUT2D eigenvalue weighted by Crippen LogP contribution is 2.22. The van der Waals surface area contributed by atoms with Gasteiger partial charge in [-0.15, -0.1) is 0 Å². The second-order valence-corrected chi connectivity index (χ2v) is 9.77. The summed E-state index contributed by atoms with van der Waals surface area (Å²) >= 11 is 1.69. The predicted octanol–water partition coefficient (Wildman–Crippen LogP) is 4.84. The van der Waals surface area contributed by atoms with Crippen LogP contribution in [0.5, 0.6) is 0 Å². The summed E-state index contributed by atoms with van der Waals surface area (Å²) in [5.74, 6) is 2.81. The highest BCUT2D eigenvalue weighted by Gasteiger charge is 2.25. The standard InChI is InChI=1S/C26H31FN4O2S/c1-19-7-2-4-9-22(19)25-29-24(33-30-25)17-31-14-11-20(12-15-31)26(32)28-13-6-16-34-18-21-8-3-5-10-23(21)27/h2-5,7-10,20H,6,11-18H2,1H3,(H,28,32). The Morgan fingerprint density at radius 3 is 2.74 bits per heavy atom. The first-order valence-corrected chi connectivity index (χ1v) is 13.0. The predicted molar refractivity (Wildman–Crippen MR) is 133 cm³/mol. The molecule has 1 aromatic heterocycles. The highest BCUT2D eigenvalue weighted by atomic mass is 32.2. The quantitative estimate of drug-likeness (QED) is 0.417. The van der Waals surface area contributed by atoms with Gasteiger partial charge in [0.15, 0.2) is 0 Å². The number of aryl methyl sites for hydroxylation is 1. The summed E-state index contributed by atoms with van der Waals surface area (Å²) in [5.41, 5.74) is 2.83. The van der Waals surface area contributed by atoms with Crippen LogP contribution in [0.2, 0.25) is 0 Å². The third kappa shape index (κ3) is 6.67. The Morgan fingerprint density at radius 1 is 1.18 bits per heavy atom. The molecule has 0 saturated carbocycles. The number of hydrogen-bond donors (Lipinski definition) is 1. The van der Waals surface area contributed by atoms with E-state index in [9.17, 15) is 9.18 Å². The fourth-order valence-corrected chi connectivity index (χ4v) is 5.07. The van der Waals surface area contributed by atoms with Gasteiger partial charge in [-0.25, -0.2) is 4.39 Å². The monoisotopic (exact) mass is 482 g/mol. The first-order valence-electron chi connectivity index (χ1n) is 11.8. The van der Waals surface area contributed by atoms with Crippen molar-refractivity contribution in [1.82, 2.24) is 20.4 Å². The molecule has 0 unspecified atom stereocenters. The van der Waals surface area contributed by atoms with Gasteiger partial charge in [-0.05, 0) is 62.2 Å². The Bertz CT molecular complexity index is 1080. The van der Waals surface area contributed by atoms with E-state index in [0.29, 0.717) is 30.6 Å². The lowest BCUT2D eigenvalue weighted by molar-refractivity contribution is -0.126. The maximum atomic E-state index is 13.6. The molecule has 1 N–H and O–H groups in total. The number of thioether (sulfide) groups is 1. The van der Waals surface area contributed by atoms with Crippen molar-refractivity contribution in [3.05, 3.63) is 71.4 Å². The van der Waals surface area contributed by atoms with Crippen LogP contribution in [0.25, 0.3) is 11.4 Å². The summed E-state index contributed by atoms with van der Waals surface area (Å²) in [6.07, 6.45) is 2.53. The summed E-state index contributed by atoms with van der Waals surface area (Å²) in [5, 5.41) is 7.20. The molecule has 0 radical (unpaired) electrons. The van der Waals surface area contributed by atoms with E-state index in [1.807, 2.05) is 43.3 Å². The normalized spacial score (nSPS) is 14.9. The lowest BCUT2D eigenvalue weighted by Crippen LogP contribution is -2.40. The van der Waals surface area contributed by atoms with E-state index in [2.05, 4.69) is 20.4 Å². The van der Waals surface area contributed by atoms with Crippen molar-refractivity contribution >= 4 is 17.7 Å². The van der Waals surface area contributed by atoms with Crippen molar-refractivity contribution < 1.29 is 13.7 Å². The molecule has 180 valence electrons. The van der Waals surface area contributed by atoms with Gasteiger partial charge in [-0.1, -0.05) is 47.6 Å². The minimum atomic E-state index is -0.152. The SMILES string of the molecule is Cc1ccccc1-c1noc(CN2CCC(C(=O)NCCCSCc3ccccc3F)CC2)n1. The van der Waals surface area contributed by atoms with E-state index in [-0.39, 0.29) is 17.6 Å². The fourth-order valence-electron chi connectivity index (χ4n) is 4.12. The molecule has 1 aliphatic heterocycles. The van der Waals surface area contributed by atoms with Crippen LogP contribution < -0.4 is 5.32 Å². The van der Waals surface area contributed by atoms with Crippen molar-refractivity contribution in [3.8, 4) is 11.4 Å². The molecule has 3 aromatic rings. The zero-order chi connectivity index (χ0) is 23.8. The van der Waals surface area contributed by atoms with Gasteiger partial charge in [-0.2, -0.15) is 16.7 Å². The number of benzene rings is 2. The van der Waals surface area contributed by atoms with Gasteiger partial charge in [0.1, 0.15) is 5.82 Å². The van der Waals surface area contributed by atoms with Gasteiger partial charge in [0.05, 0.1) is 6.54 Å². The number of hydrogen-bond acceptors (Lipinski definition) is 6. The molecule has 0 aliphatic carbocycles. The van der Waals surface area contributed by atoms with E-state index in [4.69, 9.17) is 4.52 Å². The fraction of sp³-hybridized carbons (Fsp3) is 0.423. The molecule has 1 amide bonds. The molecule has 0 atom stereocenters. The van der Waals surface area contributed by atoms with Crippen LogP contribution in [-0.2, 0) is 17.1 Å². The zero-order valence-corrected chi connectivity index (χ0v) is 20.3. The van der Waals surface area contributed by atoms with E-state index in [1.54, 1.807) is 17.8 Å². The van der Waals surface area contributed by atoms with Crippen molar-refractivity contribution in [1.29, 1.82) is 0 Å². The Hall–Kier alpha value is -2.71. The molecule has 1 fully saturated rings. The van der Waals surface area contributed by atoms with Gasteiger partial charge < -0.3 is 9.84 Å². The average molecular weight is 483 g/mol. The van der Waals surface area contributed by atoms with Crippen LogP contribution in [-0.4, -0.2) is 46.3 Å². The number of likely N-dealkylation sites (tertiary alicyclic amines) is 1. The van der Waals surface area contributed by atoms with E-state index < -0.39 is 0 Å². The minimum absolute atomic E-state index is 0.0486. The van der Waals surface area contributed by atoms with Gasteiger partial charge in [0.25, 0.3) is 0 Å². The first-order chi connectivity index (χ1) is 16.6. The van der Waals surface area contributed by atoms with Crippen molar-refractivity contribution in [2.24, 2.45) is 5.92 Å². The average Bonchev–Trinajstić information content (AvgIpc) is 3.31. The molecule has 0 spiro atoms. The third-order valence-electron chi connectivity index (χ3n) is 6.15. The molecule has 8 heteroatoms. The molecule has 4 rings (SSSR count). The molecular weight excluding hydrogens is 451 g/mol. The summed E-state index contributed by atoms with van der Waals surface area (Å²) in [4.78, 5) is 19.3. The van der Waals surface area contributed by atoms with E-state index >= 15 is 0 Å². The number of amides is 1. The maximum absolute atomic E-state index is 13.6. The van der Waals surface area contributed by atoms with Crippen LogP contribution in [0, 0.1) is 18.7 Å². The van der Waals surface area contributed by atoms with Gasteiger partial charge in [0.2, 0.25) is 17.6 Å². The number of nitrogens with zero attached hydrogens (tertiary/aromatic N) is 3. The van der Waals surface area contributed by atoms with Crippen molar-refractivity contribution in [2.45, 2.75) is 38.5 Å². The Balaban J connectivity index is 1.12. The first kappa shape index (κ1) is 24.4. The number of halogens is 1. The topological polar surface area (TPSA) is 71.3 Å². The molecule has 34 heavy (non-hydrogen) atoms. The van der Waals surface area contributed by atoms with Crippen molar-refractivity contribution in [2.75, 3.05) is 25.4 Å². The van der Waals surface area contributed by atoms with Crippen LogP contribution >= 0.6 is 11.8 Å². The largest absolute Gasteiger partial charge is 0.356 e. The number of aromatic nitrogens is 2. The Morgan fingerprint density at radius 2 is 1.94 bits per heavy atom. The van der Waals surface area contributed by atoms with Gasteiger partial charge in [-0.3, -0.25) is 9.69 Å². The summed E-state index contributed by atoms with van der Waals surface area (Å²) in [7, 11) is 0. The third-order valence-corrected chi connectivity index (χ3v) is 7.24. The zero-order valence-electron chi connectivity index (χ0n) is 19.5.